The highest BCUT2D eigenvalue weighted by Gasteiger charge is 2.17. The average Bonchev–Trinajstić information content (AvgIpc) is 3.18. The molecule has 0 unspecified atom stereocenters. The summed E-state index contributed by atoms with van der Waals surface area (Å²) in [7, 11) is -3.69. The fourth-order valence-corrected chi connectivity index (χ4v) is 4.33. The van der Waals surface area contributed by atoms with Crippen LogP contribution in [0.3, 0.4) is 0 Å². The third-order valence-electron chi connectivity index (χ3n) is 3.56. The topological polar surface area (TPSA) is 84.5 Å². The van der Waals surface area contributed by atoms with Crippen LogP contribution in [0.1, 0.15) is 5.56 Å². The van der Waals surface area contributed by atoms with Crippen LogP contribution in [0.5, 0.6) is 11.5 Å². The smallest absolute Gasteiger partial charge is 0.250 e. The molecule has 0 saturated heterocycles. The van der Waals surface area contributed by atoms with E-state index in [1.54, 1.807) is 35.7 Å². The maximum Gasteiger partial charge on any atom is 0.250 e. The van der Waals surface area contributed by atoms with E-state index >= 15 is 0 Å². The highest BCUT2D eigenvalue weighted by molar-refractivity contribution is 7.91. The van der Waals surface area contributed by atoms with Gasteiger partial charge in [0.05, 0.1) is 12.2 Å². The Morgan fingerprint density at radius 2 is 1.89 bits per heavy atom. The average molecular weight is 402 g/mol. The zero-order valence-electron chi connectivity index (χ0n) is 14.5. The number of carbonyl (C=O) groups excluding carboxylic acids is 1. The number of hydrogen-bond donors (Lipinski definition) is 2. The number of aryl methyl sites for hydroxylation is 1. The van der Waals surface area contributed by atoms with Crippen LogP contribution in [0.15, 0.2) is 70.3 Å². The second-order valence-corrected chi connectivity index (χ2v) is 8.66. The zero-order valence-corrected chi connectivity index (χ0v) is 16.1. The maximum absolute atomic E-state index is 12.2. The molecular weight excluding hydrogens is 384 g/mol. The lowest BCUT2D eigenvalue weighted by Crippen LogP contribution is -2.32. The minimum Gasteiger partial charge on any atom is -0.455 e. The van der Waals surface area contributed by atoms with Gasteiger partial charge in [0.25, 0.3) is 10.0 Å². The van der Waals surface area contributed by atoms with Crippen molar-refractivity contribution in [2.45, 2.75) is 11.1 Å². The van der Waals surface area contributed by atoms with E-state index in [0.29, 0.717) is 17.2 Å². The molecule has 8 heteroatoms. The quantitative estimate of drug-likeness (QED) is 0.630. The molecule has 0 aliphatic rings. The molecule has 0 bridgehead atoms. The summed E-state index contributed by atoms with van der Waals surface area (Å²) < 4.78 is 32.5. The van der Waals surface area contributed by atoms with E-state index in [1.807, 2.05) is 31.2 Å². The van der Waals surface area contributed by atoms with Crippen LogP contribution >= 0.6 is 11.3 Å². The Labute approximate surface area is 161 Å². The summed E-state index contributed by atoms with van der Waals surface area (Å²) in [5.74, 6) is 0.628. The van der Waals surface area contributed by atoms with Gasteiger partial charge in [0.1, 0.15) is 9.96 Å². The highest BCUT2D eigenvalue weighted by Crippen LogP contribution is 2.29. The molecule has 0 spiro atoms. The number of amides is 1. The first-order valence-corrected chi connectivity index (χ1v) is 10.5. The number of anilines is 1. The SMILES string of the molecule is Cc1cccc(Oc2ccccc2NC(=O)CNS(=O)(=O)c2cccs2)c1. The van der Waals surface area contributed by atoms with Crippen molar-refractivity contribution in [2.75, 3.05) is 11.9 Å². The molecule has 0 aliphatic heterocycles. The molecule has 3 aromatic rings. The number of thiophene rings is 1. The minimum atomic E-state index is -3.69. The number of nitrogens with one attached hydrogen (secondary N) is 2. The van der Waals surface area contributed by atoms with Gasteiger partial charge in [0, 0.05) is 0 Å². The van der Waals surface area contributed by atoms with Gasteiger partial charge >= 0.3 is 0 Å². The molecule has 0 fully saturated rings. The van der Waals surface area contributed by atoms with Crippen LogP contribution in [-0.2, 0) is 14.8 Å². The highest BCUT2D eigenvalue weighted by atomic mass is 32.2. The second-order valence-electron chi connectivity index (χ2n) is 5.72. The first-order chi connectivity index (χ1) is 12.9. The van der Waals surface area contributed by atoms with Gasteiger partial charge in [-0.25, -0.2) is 13.1 Å². The predicted octanol–water partition coefficient (Wildman–Crippen LogP) is 3.77. The van der Waals surface area contributed by atoms with Crippen LogP contribution in [0, 0.1) is 6.92 Å². The Morgan fingerprint density at radius 3 is 2.63 bits per heavy atom. The van der Waals surface area contributed by atoms with Gasteiger partial charge in [-0.2, -0.15) is 0 Å². The van der Waals surface area contributed by atoms with Crippen LogP contribution in [0.4, 0.5) is 5.69 Å². The fourth-order valence-electron chi connectivity index (χ4n) is 2.31. The molecule has 27 heavy (non-hydrogen) atoms. The van der Waals surface area contributed by atoms with E-state index in [0.717, 1.165) is 16.9 Å². The monoisotopic (exact) mass is 402 g/mol. The van der Waals surface area contributed by atoms with E-state index in [9.17, 15) is 13.2 Å². The van der Waals surface area contributed by atoms with Gasteiger partial charge in [0.15, 0.2) is 5.75 Å². The lowest BCUT2D eigenvalue weighted by molar-refractivity contribution is -0.115. The molecule has 0 aliphatic carbocycles. The van der Waals surface area contributed by atoms with Gasteiger partial charge in [-0.05, 0) is 48.2 Å². The lowest BCUT2D eigenvalue weighted by atomic mass is 10.2. The van der Waals surface area contributed by atoms with E-state index in [-0.39, 0.29) is 10.8 Å². The predicted molar refractivity (Wildman–Crippen MR) is 106 cm³/mol. The van der Waals surface area contributed by atoms with E-state index < -0.39 is 15.9 Å². The van der Waals surface area contributed by atoms with Crippen molar-refractivity contribution in [3.8, 4) is 11.5 Å². The van der Waals surface area contributed by atoms with Gasteiger partial charge in [-0.15, -0.1) is 11.3 Å². The van der Waals surface area contributed by atoms with Crippen molar-refractivity contribution in [1.82, 2.24) is 4.72 Å². The minimum absolute atomic E-state index is 0.165. The van der Waals surface area contributed by atoms with Gasteiger partial charge in [-0.1, -0.05) is 30.3 Å². The number of sulfonamides is 1. The summed E-state index contributed by atoms with van der Waals surface area (Å²) in [6, 6.07) is 17.6. The van der Waals surface area contributed by atoms with Gasteiger partial charge < -0.3 is 10.1 Å². The van der Waals surface area contributed by atoms with E-state index in [4.69, 9.17) is 4.74 Å². The summed E-state index contributed by atoms with van der Waals surface area (Å²) in [5, 5.41) is 4.34. The van der Waals surface area contributed by atoms with Crippen LogP contribution in [0.2, 0.25) is 0 Å². The van der Waals surface area contributed by atoms with Gasteiger partial charge in [-0.3, -0.25) is 4.79 Å². The second kappa shape index (κ2) is 8.34. The van der Waals surface area contributed by atoms with Crippen LogP contribution < -0.4 is 14.8 Å². The van der Waals surface area contributed by atoms with E-state index in [1.165, 1.54) is 6.07 Å². The molecule has 0 atom stereocenters. The maximum atomic E-state index is 12.2. The molecular formula is C19H18N2O4S2. The number of ether oxygens (including phenoxy) is 1. The van der Waals surface area contributed by atoms with Crippen LogP contribution in [-0.4, -0.2) is 20.9 Å². The van der Waals surface area contributed by atoms with Crippen molar-refractivity contribution in [2.24, 2.45) is 0 Å². The Balaban J connectivity index is 1.66. The largest absolute Gasteiger partial charge is 0.455 e. The summed E-state index contributed by atoms with van der Waals surface area (Å²) in [4.78, 5) is 12.2. The molecule has 1 aromatic heterocycles. The molecule has 1 amide bonds. The first-order valence-electron chi connectivity index (χ1n) is 8.10. The molecule has 2 aromatic carbocycles. The number of para-hydroxylation sites is 2. The summed E-state index contributed by atoms with van der Waals surface area (Å²) in [6.45, 7) is 1.58. The molecule has 0 radical (unpaired) electrons. The molecule has 2 N–H and O–H groups in total. The van der Waals surface area contributed by atoms with Crippen molar-refractivity contribution >= 4 is 33.0 Å². The first kappa shape index (κ1) is 19.1. The summed E-state index contributed by atoms with van der Waals surface area (Å²) in [6.07, 6.45) is 0. The third-order valence-corrected chi connectivity index (χ3v) is 6.36. The molecule has 0 saturated carbocycles. The Morgan fingerprint density at radius 1 is 1.07 bits per heavy atom. The number of hydrogen-bond acceptors (Lipinski definition) is 5. The molecule has 6 nitrogen and oxygen atoms in total. The number of carbonyl (C=O) groups is 1. The van der Waals surface area contributed by atoms with Crippen molar-refractivity contribution < 1.29 is 17.9 Å². The summed E-state index contributed by atoms with van der Waals surface area (Å²) in [5.41, 5.74) is 1.51. The standard InChI is InChI=1S/C19H18N2O4S2/c1-14-6-4-7-15(12-14)25-17-9-3-2-8-16(17)21-18(22)13-20-27(23,24)19-10-5-11-26-19/h2-12,20H,13H2,1H3,(H,21,22). The molecule has 140 valence electrons. The summed E-state index contributed by atoms with van der Waals surface area (Å²) >= 11 is 1.09. The molecule has 3 rings (SSSR count). The number of benzene rings is 2. The van der Waals surface area contributed by atoms with Crippen molar-refractivity contribution in [3.05, 3.63) is 71.6 Å². The van der Waals surface area contributed by atoms with Crippen molar-refractivity contribution in [3.63, 3.8) is 0 Å². The lowest BCUT2D eigenvalue weighted by Gasteiger charge is -2.13. The zero-order chi connectivity index (χ0) is 19.3. The molecule has 1 heterocycles. The van der Waals surface area contributed by atoms with Gasteiger partial charge in [0.2, 0.25) is 5.91 Å². The fraction of sp³-hybridized carbons (Fsp3) is 0.105. The Bertz CT molecular complexity index is 1030. The third kappa shape index (κ3) is 5.16. The van der Waals surface area contributed by atoms with Crippen molar-refractivity contribution in [1.29, 1.82) is 0 Å². The normalized spacial score (nSPS) is 11.1. The van der Waals surface area contributed by atoms with E-state index in [2.05, 4.69) is 10.0 Å². The van der Waals surface area contributed by atoms with Crippen LogP contribution in [0.25, 0.3) is 0 Å². The number of rotatable bonds is 7. The Hall–Kier alpha value is -2.68. The Kier molecular flexibility index (Phi) is 5.90.